The molecule has 7 nitrogen and oxygen atoms in total. The zero-order valence-corrected chi connectivity index (χ0v) is 18.8. The van der Waals surface area contributed by atoms with Crippen molar-refractivity contribution in [3.63, 3.8) is 0 Å². The van der Waals surface area contributed by atoms with E-state index in [4.69, 9.17) is 21.1 Å². The van der Waals surface area contributed by atoms with Gasteiger partial charge in [0, 0.05) is 30.4 Å². The Labute approximate surface area is 188 Å². The number of pyridine rings is 1. The minimum absolute atomic E-state index is 0. The lowest BCUT2D eigenvalue weighted by atomic mass is 9.97. The van der Waals surface area contributed by atoms with Crippen molar-refractivity contribution in [3.05, 3.63) is 47.6 Å². The molecule has 0 saturated carbocycles. The zero-order valence-electron chi connectivity index (χ0n) is 16.4. The Balaban J connectivity index is 0.00000256. The van der Waals surface area contributed by atoms with E-state index in [0.29, 0.717) is 29.8 Å². The molecule has 0 aliphatic carbocycles. The first-order valence-electron chi connectivity index (χ1n) is 9.72. The number of fused-ring (bicyclic) bond motifs is 1. The number of halogens is 2. The van der Waals surface area contributed by atoms with Crippen molar-refractivity contribution >= 4 is 34.0 Å². The second kappa shape index (κ2) is 10.2. The van der Waals surface area contributed by atoms with Crippen LogP contribution in [-0.4, -0.2) is 57.2 Å². The van der Waals surface area contributed by atoms with Gasteiger partial charge in [-0.2, -0.15) is 0 Å². The molecule has 0 amide bonds. The van der Waals surface area contributed by atoms with Crippen LogP contribution in [0.5, 0.6) is 11.5 Å². The maximum Gasteiger partial charge on any atom is 0.258 e. The third-order valence-corrected chi connectivity index (χ3v) is 6.84. The van der Waals surface area contributed by atoms with Gasteiger partial charge in [-0.1, -0.05) is 17.7 Å². The first-order valence-corrected chi connectivity index (χ1v) is 11.6. The lowest BCUT2D eigenvalue weighted by molar-refractivity contribution is 0.0481. The Bertz CT molecular complexity index is 938. The molecule has 1 N–H and O–H groups in total. The van der Waals surface area contributed by atoms with Gasteiger partial charge in [0.25, 0.3) is 10.0 Å². The first kappa shape index (κ1) is 23.1. The summed E-state index contributed by atoms with van der Waals surface area (Å²) >= 11 is 6.03. The van der Waals surface area contributed by atoms with Gasteiger partial charge in [0.05, 0.1) is 0 Å². The van der Waals surface area contributed by atoms with Crippen molar-refractivity contribution in [2.75, 3.05) is 32.8 Å². The summed E-state index contributed by atoms with van der Waals surface area (Å²) in [6.07, 6.45) is 3.30. The molecule has 0 spiro atoms. The van der Waals surface area contributed by atoms with E-state index >= 15 is 0 Å². The molecule has 30 heavy (non-hydrogen) atoms. The lowest BCUT2D eigenvalue weighted by Gasteiger charge is -2.35. The quantitative estimate of drug-likeness (QED) is 0.694. The molecule has 1 fully saturated rings. The fourth-order valence-corrected chi connectivity index (χ4v) is 4.87. The SMILES string of the molecule is Cl.O=S(=O)(NCC1CCN(C[C@H]2COc3ccc(Cl)cc3O2)CC1)c1ccccn1. The van der Waals surface area contributed by atoms with Crippen molar-refractivity contribution in [1.29, 1.82) is 0 Å². The molecule has 2 aromatic rings. The molecule has 1 aromatic heterocycles. The first-order chi connectivity index (χ1) is 14.0. The van der Waals surface area contributed by atoms with E-state index in [0.717, 1.165) is 38.2 Å². The molecule has 1 saturated heterocycles. The van der Waals surface area contributed by atoms with Gasteiger partial charge in [0.15, 0.2) is 16.5 Å². The molecule has 0 bridgehead atoms. The van der Waals surface area contributed by atoms with Gasteiger partial charge in [-0.15, -0.1) is 12.4 Å². The predicted molar refractivity (Wildman–Crippen MR) is 117 cm³/mol. The summed E-state index contributed by atoms with van der Waals surface area (Å²) in [6, 6.07) is 10.3. The van der Waals surface area contributed by atoms with Crippen LogP contribution in [0.1, 0.15) is 12.8 Å². The number of sulfonamides is 1. The molecule has 3 heterocycles. The van der Waals surface area contributed by atoms with Crippen molar-refractivity contribution < 1.29 is 17.9 Å². The van der Waals surface area contributed by atoms with Crippen LogP contribution in [-0.2, 0) is 10.0 Å². The molecule has 1 atom stereocenters. The minimum Gasteiger partial charge on any atom is -0.486 e. The monoisotopic (exact) mass is 473 g/mol. The number of ether oxygens (including phenoxy) is 2. The van der Waals surface area contributed by atoms with Gasteiger partial charge in [0.1, 0.15) is 12.7 Å². The van der Waals surface area contributed by atoms with E-state index in [-0.39, 0.29) is 23.5 Å². The summed E-state index contributed by atoms with van der Waals surface area (Å²) in [6.45, 7) is 3.52. The van der Waals surface area contributed by atoms with E-state index in [9.17, 15) is 8.42 Å². The highest BCUT2D eigenvalue weighted by Gasteiger charge is 2.27. The Morgan fingerprint density at radius 3 is 2.70 bits per heavy atom. The fourth-order valence-electron chi connectivity index (χ4n) is 3.65. The van der Waals surface area contributed by atoms with Crippen LogP contribution in [0.4, 0.5) is 0 Å². The van der Waals surface area contributed by atoms with Crippen LogP contribution in [0.3, 0.4) is 0 Å². The Morgan fingerprint density at radius 2 is 1.97 bits per heavy atom. The summed E-state index contributed by atoms with van der Waals surface area (Å²) < 4.78 is 39.1. The van der Waals surface area contributed by atoms with Gasteiger partial charge < -0.3 is 9.47 Å². The van der Waals surface area contributed by atoms with Gasteiger partial charge in [0.2, 0.25) is 0 Å². The number of rotatable bonds is 6. The number of nitrogens with zero attached hydrogens (tertiary/aromatic N) is 2. The van der Waals surface area contributed by atoms with Crippen molar-refractivity contribution in [3.8, 4) is 11.5 Å². The zero-order chi connectivity index (χ0) is 20.3. The third-order valence-electron chi connectivity index (χ3n) is 5.27. The van der Waals surface area contributed by atoms with E-state index in [1.807, 2.05) is 6.07 Å². The summed E-state index contributed by atoms with van der Waals surface area (Å²) in [5, 5.41) is 0.689. The van der Waals surface area contributed by atoms with Crippen LogP contribution in [0, 0.1) is 5.92 Å². The van der Waals surface area contributed by atoms with E-state index in [1.54, 1.807) is 24.3 Å². The van der Waals surface area contributed by atoms with Crippen molar-refractivity contribution in [2.24, 2.45) is 5.92 Å². The van der Waals surface area contributed by atoms with Crippen LogP contribution in [0.15, 0.2) is 47.6 Å². The highest BCUT2D eigenvalue weighted by molar-refractivity contribution is 7.89. The van der Waals surface area contributed by atoms with E-state index in [2.05, 4.69) is 14.6 Å². The van der Waals surface area contributed by atoms with Crippen molar-refractivity contribution in [1.82, 2.24) is 14.6 Å². The van der Waals surface area contributed by atoms with E-state index in [1.165, 1.54) is 12.3 Å². The summed E-state index contributed by atoms with van der Waals surface area (Å²) in [4.78, 5) is 6.26. The second-order valence-corrected chi connectivity index (χ2v) is 9.56. The van der Waals surface area contributed by atoms with Gasteiger partial charge in [-0.3, -0.25) is 4.90 Å². The van der Waals surface area contributed by atoms with E-state index < -0.39 is 10.0 Å². The number of benzene rings is 1. The Morgan fingerprint density at radius 1 is 1.17 bits per heavy atom. The topological polar surface area (TPSA) is 80.8 Å². The Kier molecular flexibility index (Phi) is 7.81. The molecular weight excluding hydrogens is 449 g/mol. The molecule has 4 rings (SSSR count). The Hall–Kier alpha value is -1.58. The second-order valence-electron chi connectivity index (χ2n) is 7.41. The standard InChI is InChI=1S/C20H24ClN3O4S.ClH/c21-16-4-5-18-19(11-16)28-17(14-27-18)13-24-9-6-15(7-10-24)12-23-29(25,26)20-3-1-2-8-22-20;/h1-5,8,11,15,17,23H,6-7,9-10,12-14H2;1H/t17-;/m0./s1. The van der Waals surface area contributed by atoms with Gasteiger partial charge in [-0.05, 0) is 56.1 Å². The number of nitrogens with one attached hydrogen (secondary N) is 1. The van der Waals surface area contributed by atoms with Crippen LogP contribution >= 0.6 is 24.0 Å². The highest BCUT2D eigenvalue weighted by Crippen LogP contribution is 2.34. The molecule has 0 unspecified atom stereocenters. The van der Waals surface area contributed by atoms with Crippen LogP contribution < -0.4 is 14.2 Å². The number of piperidine rings is 1. The number of hydrogen-bond acceptors (Lipinski definition) is 6. The lowest BCUT2D eigenvalue weighted by Crippen LogP contribution is -2.45. The van der Waals surface area contributed by atoms with Gasteiger partial charge in [-0.25, -0.2) is 18.1 Å². The summed E-state index contributed by atoms with van der Waals surface area (Å²) in [5.74, 6) is 1.73. The van der Waals surface area contributed by atoms with Gasteiger partial charge >= 0.3 is 0 Å². The molecule has 164 valence electrons. The molecule has 1 aromatic carbocycles. The van der Waals surface area contributed by atoms with Crippen molar-refractivity contribution in [2.45, 2.75) is 24.0 Å². The molecule has 0 radical (unpaired) electrons. The number of aromatic nitrogens is 1. The minimum atomic E-state index is -3.55. The average Bonchev–Trinajstić information content (AvgIpc) is 2.74. The molecule has 10 heteroatoms. The van der Waals surface area contributed by atoms with Crippen LogP contribution in [0.25, 0.3) is 0 Å². The molecular formula is C20H25Cl2N3O4S. The summed E-state index contributed by atoms with van der Waals surface area (Å²) in [5.41, 5.74) is 0. The molecule has 2 aliphatic rings. The highest BCUT2D eigenvalue weighted by atomic mass is 35.5. The maximum absolute atomic E-state index is 12.3. The average molecular weight is 474 g/mol. The largest absolute Gasteiger partial charge is 0.486 e. The number of hydrogen-bond donors (Lipinski definition) is 1. The predicted octanol–water partition coefficient (Wildman–Crippen LogP) is 2.99. The third kappa shape index (κ3) is 5.76. The van der Waals surface area contributed by atoms with Crippen LogP contribution in [0.2, 0.25) is 5.02 Å². The smallest absolute Gasteiger partial charge is 0.258 e. The fraction of sp³-hybridized carbons (Fsp3) is 0.450. The number of likely N-dealkylation sites (tertiary alicyclic amines) is 1. The normalized spacial score (nSPS) is 19.8. The summed E-state index contributed by atoms with van der Waals surface area (Å²) in [7, 11) is -3.55. The molecule has 2 aliphatic heterocycles. The maximum atomic E-state index is 12.3.